The first-order valence-electron chi connectivity index (χ1n) is 11.0. The van der Waals surface area contributed by atoms with Gasteiger partial charge < -0.3 is 14.5 Å². The second kappa shape index (κ2) is 9.26. The van der Waals surface area contributed by atoms with Gasteiger partial charge in [0.05, 0.1) is 13.0 Å². The highest BCUT2D eigenvalue weighted by Crippen LogP contribution is 2.37. The fourth-order valence-corrected chi connectivity index (χ4v) is 4.23. The summed E-state index contributed by atoms with van der Waals surface area (Å²) in [6.45, 7) is 6.25. The number of carbonyl (C=O) groups excluding carboxylic acids is 2. The first-order valence-corrected chi connectivity index (χ1v) is 11.0. The Bertz CT molecular complexity index is 1100. The molecule has 0 N–H and O–H groups in total. The number of methoxy groups -OCH3 is 1. The lowest BCUT2D eigenvalue weighted by atomic mass is 9.88. The van der Waals surface area contributed by atoms with Gasteiger partial charge in [-0.05, 0) is 56.2 Å². The predicted octanol–water partition coefficient (Wildman–Crippen LogP) is 4.21. The number of carbonyl (C=O) groups is 2. The standard InChI is InChI=1S/C25H28N4O3/c1-4-27(5-2)23-15-17-29(26-23)25(31)21-14-16-28(22-9-7-6-8-20(21)22)24(30)18-10-12-19(32-3)13-11-18/h6-13,15,17,21H,4-5,14,16H2,1-3H3/t21-/m0/s1. The molecule has 0 unspecified atom stereocenters. The Balaban J connectivity index is 1.61. The fraction of sp³-hybridized carbons (Fsp3) is 0.320. The van der Waals surface area contributed by atoms with Crippen LogP contribution in [0.15, 0.2) is 60.8 Å². The number of fused-ring (bicyclic) bond motifs is 1. The van der Waals surface area contributed by atoms with E-state index in [1.54, 1.807) is 42.5 Å². The number of hydrogen-bond acceptors (Lipinski definition) is 5. The Hall–Kier alpha value is -3.61. The number of nitrogens with zero attached hydrogens (tertiary/aromatic N) is 4. The van der Waals surface area contributed by atoms with Gasteiger partial charge in [-0.3, -0.25) is 9.59 Å². The molecule has 2 aromatic carbocycles. The van der Waals surface area contributed by atoms with Crippen LogP contribution in [0.2, 0.25) is 0 Å². The van der Waals surface area contributed by atoms with Crippen molar-refractivity contribution in [1.29, 1.82) is 0 Å². The summed E-state index contributed by atoms with van der Waals surface area (Å²) in [7, 11) is 1.60. The number of amides is 1. The highest BCUT2D eigenvalue weighted by atomic mass is 16.5. The van der Waals surface area contributed by atoms with E-state index < -0.39 is 0 Å². The van der Waals surface area contributed by atoms with Crippen LogP contribution in [-0.4, -0.2) is 48.3 Å². The summed E-state index contributed by atoms with van der Waals surface area (Å²) in [5.74, 6) is 0.982. The van der Waals surface area contributed by atoms with Gasteiger partial charge in [0.25, 0.3) is 11.8 Å². The summed E-state index contributed by atoms with van der Waals surface area (Å²) in [6, 6.07) is 16.6. The normalized spacial score (nSPS) is 15.2. The molecule has 0 aliphatic carbocycles. The second-order valence-corrected chi connectivity index (χ2v) is 7.71. The molecule has 0 saturated heterocycles. The Labute approximate surface area is 188 Å². The largest absolute Gasteiger partial charge is 0.497 e. The summed E-state index contributed by atoms with van der Waals surface area (Å²) in [6.07, 6.45) is 2.27. The minimum atomic E-state index is -0.351. The molecular weight excluding hydrogens is 404 g/mol. The Morgan fingerprint density at radius 3 is 2.47 bits per heavy atom. The summed E-state index contributed by atoms with van der Waals surface area (Å²) in [5, 5.41) is 4.52. The van der Waals surface area contributed by atoms with Crippen LogP contribution in [0.25, 0.3) is 0 Å². The van der Waals surface area contributed by atoms with Gasteiger partial charge in [-0.1, -0.05) is 18.2 Å². The minimum absolute atomic E-state index is 0.0765. The molecule has 0 fully saturated rings. The van der Waals surface area contributed by atoms with Crippen molar-refractivity contribution in [1.82, 2.24) is 9.78 Å². The van der Waals surface area contributed by atoms with Crippen LogP contribution in [0.4, 0.5) is 11.5 Å². The van der Waals surface area contributed by atoms with Crippen LogP contribution in [-0.2, 0) is 0 Å². The molecule has 7 nitrogen and oxygen atoms in total. The van der Waals surface area contributed by atoms with Gasteiger partial charge in [0, 0.05) is 43.1 Å². The van der Waals surface area contributed by atoms with Crippen molar-refractivity contribution in [2.45, 2.75) is 26.2 Å². The van der Waals surface area contributed by atoms with Gasteiger partial charge in [-0.2, -0.15) is 0 Å². The number of benzene rings is 2. The molecule has 7 heteroatoms. The first kappa shape index (κ1) is 21.6. The zero-order valence-electron chi connectivity index (χ0n) is 18.7. The number of aromatic nitrogens is 2. The van der Waals surface area contributed by atoms with E-state index in [-0.39, 0.29) is 17.7 Å². The molecule has 0 spiro atoms. The van der Waals surface area contributed by atoms with Gasteiger partial charge in [0.15, 0.2) is 5.82 Å². The molecule has 2 heterocycles. The lowest BCUT2D eigenvalue weighted by molar-refractivity contribution is 0.0848. The van der Waals surface area contributed by atoms with Gasteiger partial charge in [-0.15, -0.1) is 5.10 Å². The third kappa shape index (κ3) is 3.98. The average molecular weight is 433 g/mol. The lowest BCUT2D eigenvalue weighted by Gasteiger charge is -2.33. The van der Waals surface area contributed by atoms with Gasteiger partial charge >= 0.3 is 0 Å². The van der Waals surface area contributed by atoms with E-state index in [1.165, 1.54) is 4.68 Å². The van der Waals surface area contributed by atoms with Crippen LogP contribution >= 0.6 is 0 Å². The second-order valence-electron chi connectivity index (χ2n) is 7.71. The lowest BCUT2D eigenvalue weighted by Crippen LogP contribution is -2.39. The molecule has 0 radical (unpaired) electrons. The maximum absolute atomic E-state index is 13.4. The van der Waals surface area contributed by atoms with Crippen molar-refractivity contribution in [2.24, 2.45) is 0 Å². The van der Waals surface area contributed by atoms with E-state index >= 15 is 0 Å². The summed E-state index contributed by atoms with van der Waals surface area (Å²) < 4.78 is 6.63. The van der Waals surface area contributed by atoms with Gasteiger partial charge in [0.2, 0.25) is 0 Å². The number of rotatable bonds is 6. The summed E-state index contributed by atoms with van der Waals surface area (Å²) in [5.41, 5.74) is 2.21. The van der Waals surface area contributed by atoms with Crippen molar-refractivity contribution >= 4 is 23.3 Å². The van der Waals surface area contributed by atoms with Crippen molar-refractivity contribution in [2.75, 3.05) is 36.5 Å². The molecule has 0 saturated carbocycles. The molecule has 166 valence electrons. The number of ether oxygens (including phenoxy) is 1. The van der Waals surface area contributed by atoms with Crippen LogP contribution in [0.5, 0.6) is 5.75 Å². The van der Waals surface area contributed by atoms with E-state index in [9.17, 15) is 9.59 Å². The first-order chi connectivity index (χ1) is 15.6. The number of para-hydroxylation sites is 1. The molecule has 4 rings (SSSR count). The van der Waals surface area contributed by atoms with E-state index in [4.69, 9.17) is 4.74 Å². The highest BCUT2D eigenvalue weighted by Gasteiger charge is 2.34. The Morgan fingerprint density at radius 2 is 1.78 bits per heavy atom. The van der Waals surface area contributed by atoms with E-state index in [2.05, 4.69) is 23.8 Å². The predicted molar refractivity (Wildman–Crippen MR) is 125 cm³/mol. The molecular formula is C25H28N4O3. The zero-order chi connectivity index (χ0) is 22.7. The fourth-order valence-electron chi connectivity index (χ4n) is 4.23. The Morgan fingerprint density at radius 1 is 1.06 bits per heavy atom. The number of hydrogen-bond donors (Lipinski definition) is 0. The number of anilines is 2. The van der Waals surface area contributed by atoms with E-state index in [0.717, 1.165) is 30.2 Å². The van der Waals surface area contributed by atoms with E-state index in [1.807, 2.05) is 30.3 Å². The molecule has 1 amide bonds. The maximum Gasteiger partial charge on any atom is 0.258 e. The highest BCUT2D eigenvalue weighted by molar-refractivity contribution is 6.07. The van der Waals surface area contributed by atoms with E-state index in [0.29, 0.717) is 24.3 Å². The molecule has 3 aromatic rings. The molecule has 1 atom stereocenters. The molecule has 1 aliphatic rings. The average Bonchev–Trinajstić information content (AvgIpc) is 3.33. The van der Waals surface area contributed by atoms with Crippen LogP contribution in [0.3, 0.4) is 0 Å². The van der Waals surface area contributed by atoms with Gasteiger partial charge in [-0.25, -0.2) is 4.68 Å². The molecule has 1 aliphatic heterocycles. The minimum Gasteiger partial charge on any atom is -0.497 e. The SMILES string of the molecule is CCN(CC)c1ccn(C(=O)[C@H]2CCN(C(=O)c3ccc(OC)cc3)c3ccccc32)n1. The molecule has 1 aromatic heterocycles. The zero-order valence-corrected chi connectivity index (χ0v) is 18.7. The smallest absolute Gasteiger partial charge is 0.258 e. The van der Waals surface area contributed by atoms with Crippen LogP contribution in [0.1, 0.15) is 46.9 Å². The summed E-state index contributed by atoms with van der Waals surface area (Å²) >= 11 is 0. The van der Waals surface area contributed by atoms with Crippen LogP contribution in [0, 0.1) is 0 Å². The Kier molecular flexibility index (Phi) is 6.25. The topological polar surface area (TPSA) is 67.7 Å². The van der Waals surface area contributed by atoms with Crippen LogP contribution < -0.4 is 14.5 Å². The third-order valence-electron chi connectivity index (χ3n) is 6.01. The van der Waals surface area contributed by atoms with Crippen molar-refractivity contribution < 1.29 is 14.3 Å². The summed E-state index contributed by atoms with van der Waals surface area (Å²) in [4.78, 5) is 30.4. The molecule has 32 heavy (non-hydrogen) atoms. The third-order valence-corrected chi connectivity index (χ3v) is 6.01. The van der Waals surface area contributed by atoms with Gasteiger partial charge in [0.1, 0.15) is 5.75 Å². The maximum atomic E-state index is 13.4. The monoisotopic (exact) mass is 432 g/mol. The quantitative estimate of drug-likeness (QED) is 0.584. The van der Waals surface area contributed by atoms with Crippen molar-refractivity contribution in [3.8, 4) is 5.75 Å². The molecule has 0 bridgehead atoms. The van der Waals surface area contributed by atoms with Crippen molar-refractivity contribution in [3.05, 3.63) is 71.9 Å². The van der Waals surface area contributed by atoms with Crippen molar-refractivity contribution in [3.63, 3.8) is 0 Å².